The van der Waals surface area contributed by atoms with Gasteiger partial charge in [0.15, 0.2) is 0 Å². The Balaban J connectivity index is 1.26. The van der Waals surface area contributed by atoms with Crippen LogP contribution in [0.15, 0.2) is 121 Å². The van der Waals surface area contributed by atoms with Gasteiger partial charge in [0.25, 0.3) is 0 Å². The second-order valence-corrected chi connectivity index (χ2v) is 23.1. The molecule has 4 heteroatoms. The molecule has 0 radical (unpaired) electrons. The van der Waals surface area contributed by atoms with E-state index in [1.54, 1.807) is 0 Å². The van der Waals surface area contributed by atoms with E-state index >= 15 is 0 Å². The summed E-state index contributed by atoms with van der Waals surface area (Å²) in [5.74, 6) is 0. The molecule has 2 nitrogen and oxygen atoms in total. The number of anilines is 3. The summed E-state index contributed by atoms with van der Waals surface area (Å²) in [6, 6.07) is 48.3. The van der Waals surface area contributed by atoms with E-state index in [1.165, 1.54) is 122 Å². The lowest BCUT2D eigenvalue weighted by atomic mass is 9.32. The van der Waals surface area contributed by atoms with E-state index in [9.17, 15) is 0 Å². The first-order chi connectivity index (χ1) is 29.3. The van der Waals surface area contributed by atoms with E-state index < -0.39 is 0 Å². The zero-order valence-corrected chi connectivity index (χ0v) is 38.6. The van der Waals surface area contributed by atoms with E-state index in [2.05, 4.69) is 214 Å². The first kappa shape index (κ1) is 38.0. The highest BCUT2D eigenvalue weighted by molar-refractivity contribution is 7.05. The normalized spacial score (nSPS) is 14.7. The topological polar surface area (TPSA) is 8.17 Å². The maximum atomic E-state index is 2.75. The predicted molar refractivity (Wildman–Crippen MR) is 270 cm³/mol. The van der Waals surface area contributed by atoms with Crippen LogP contribution in [0.1, 0.15) is 105 Å². The lowest BCUT2D eigenvalue weighted by Crippen LogP contribution is -2.63. The SMILES string of the molecule is CC(C)(C)c1ccc2c(c1)-c1cc(C(C)(C)C)cc3c1B2c1cc(-n2c4ccccc4c4ccccc42)cc2c1N3c1cc(C(C)(C)C)cc3c1B2c1ccc(C(C)(C)C)cc1-3. The van der Waals surface area contributed by atoms with Crippen molar-refractivity contribution in [3.63, 3.8) is 0 Å². The number of para-hydroxylation sites is 2. The molecule has 4 aliphatic rings. The van der Waals surface area contributed by atoms with Crippen LogP contribution < -0.4 is 37.7 Å². The Morgan fingerprint density at radius 1 is 0.371 bits per heavy atom. The van der Waals surface area contributed by atoms with E-state index in [1.807, 2.05) is 0 Å². The highest BCUT2D eigenvalue weighted by Crippen LogP contribution is 2.48. The fraction of sp³-hybridized carbons (Fsp3) is 0.276. The van der Waals surface area contributed by atoms with Crippen LogP contribution in [-0.4, -0.2) is 18.0 Å². The number of rotatable bonds is 1. The van der Waals surface area contributed by atoms with Crippen molar-refractivity contribution in [3.8, 4) is 27.9 Å². The molecule has 0 saturated carbocycles. The summed E-state index contributed by atoms with van der Waals surface area (Å²) in [6.45, 7) is 28.6. The Morgan fingerprint density at radius 3 is 1.16 bits per heavy atom. The van der Waals surface area contributed by atoms with Crippen molar-refractivity contribution < 1.29 is 0 Å². The predicted octanol–water partition coefficient (Wildman–Crippen LogP) is 11.1. The Labute approximate surface area is 369 Å². The van der Waals surface area contributed by atoms with Crippen LogP contribution in [0.3, 0.4) is 0 Å². The number of benzene rings is 7. The van der Waals surface area contributed by atoms with Gasteiger partial charge in [0, 0.05) is 33.5 Å². The summed E-state index contributed by atoms with van der Waals surface area (Å²) >= 11 is 0. The largest absolute Gasteiger partial charge is 0.312 e. The van der Waals surface area contributed by atoms with Crippen molar-refractivity contribution in [3.05, 3.63) is 144 Å². The lowest BCUT2D eigenvalue weighted by molar-refractivity contribution is 0.589. The maximum absolute atomic E-state index is 2.75. The molecule has 304 valence electrons. The Hall–Kier alpha value is -5.73. The summed E-state index contributed by atoms with van der Waals surface area (Å²) < 4.78 is 2.56. The number of aromatic nitrogens is 1. The molecule has 0 saturated heterocycles. The van der Waals surface area contributed by atoms with Crippen molar-refractivity contribution in [1.29, 1.82) is 0 Å². The number of hydrogen-bond donors (Lipinski definition) is 0. The molecular weight excluding hydrogens is 746 g/mol. The maximum Gasteiger partial charge on any atom is 0.248 e. The third-order valence-corrected chi connectivity index (χ3v) is 15.0. The van der Waals surface area contributed by atoms with Gasteiger partial charge in [-0.25, -0.2) is 0 Å². The van der Waals surface area contributed by atoms with Crippen molar-refractivity contribution in [1.82, 2.24) is 4.57 Å². The average Bonchev–Trinajstić information content (AvgIpc) is 3.85. The Morgan fingerprint density at radius 2 is 0.758 bits per heavy atom. The zero-order chi connectivity index (χ0) is 43.2. The van der Waals surface area contributed by atoms with E-state index in [4.69, 9.17) is 0 Å². The van der Waals surface area contributed by atoms with Gasteiger partial charge in [-0.3, -0.25) is 0 Å². The smallest absolute Gasteiger partial charge is 0.248 e. The first-order valence-corrected chi connectivity index (χ1v) is 22.9. The molecule has 5 heterocycles. The van der Waals surface area contributed by atoms with Crippen LogP contribution in [0.5, 0.6) is 0 Å². The molecule has 7 aromatic carbocycles. The van der Waals surface area contributed by atoms with E-state index in [-0.39, 0.29) is 35.1 Å². The summed E-state index contributed by atoms with van der Waals surface area (Å²) in [5, 5.41) is 2.59. The molecule has 1 aromatic heterocycles. The molecule has 4 aliphatic heterocycles. The van der Waals surface area contributed by atoms with Crippen molar-refractivity contribution in [2.75, 3.05) is 4.90 Å². The summed E-state index contributed by atoms with van der Waals surface area (Å²) in [5.41, 5.74) is 27.5. The third-order valence-electron chi connectivity index (χ3n) is 15.0. The molecule has 0 spiro atoms. The number of nitrogens with zero attached hydrogens (tertiary/aromatic N) is 2. The zero-order valence-electron chi connectivity index (χ0n) is 38.6. The number of fused-ring (bicyclic) bond motifs is 13. The van der Waals surface area contributed by atoms with Crippen molar-refractivity contribution in [2.45, 2.75) is 105 Å². The Kier molecular flexibility index (Phi) is 7.38. The summed E-state index contributed by atoms with van der Waals surface area (Å²) in [7, 11) is 0. The standard InChI is InChI=1S/C58H56B2N2/c1-55(2,3)33-21-23-44-40(25-33)42-27-35(57(7,8)9)29-50-52(42)59(44)46-31-37(61-48-19-15-13-17-38(48)39-18-14-16-20-49(39)61)32-47-54(46)62(50)51-30-36(58(10,11)12)28-43-41-26-34(56(4,5)6)22-24-45(41)60(47)53(43)51/h13-32H,1-12H3. The van der Waals surface area contributed by atoms with Crippen LogP contribution >= 0.6 is 0 Å². The van der Waals surface area contributed by atoms with Gasteiger partial charge >= 0.3 is 0 Å². The fourth-order valence-corrected chi connectivity index (χ4v) is 11.6. The molecular formula is C58H56B2N2. The van der Waals surface area contributed by atoms with Gasteiger partial charge in [-0.15, -0.1) is 0 Å². The minimum absolute atomic E-state index is 0.0326. The minimum atomic E-state index is -0.0396. The van der Waals surface area contributed by atoms with Gasteiger partial charge in [-0.2, -0.15) is 0 Å². The molecule has 0 fully saturated rings. The highest BCUT2D eigenvalue weighted by Gasteiger charge is 2.51. The molecule has 12 rings (SSSR count). The van der Waals surface area contributed by atoms with Crippen LogP contribution in [0, 0.1) is 0 Å². The lowest BCUT2D eigenvalue weighted by Gasteiger charge is -2.44. The monoisotopic (exact) mass is 802 g/mol. The molecule has 0 amide bonds. The van der Waals surface area contributed by atoms with Gasteiger partial charge in [-0.1, -0.05) is 179 Å². The molecule has 0 N–H and O–H groups in total. The molecule has 62 heavy (non-hydrogen) atoms. The van der Waals surface area contributed by atoms with E-state index in [0.717, 1.165) is 0 Å². The minimum Gasteiger partial charge on any atom is -0.312 e. The second kappa shape index (κ2) is 12.0. The van der Waals surface area contributed by atoms with Gasteiger partial charge in [0.2, 0.25) is 13.4 Å². The van der Waals surface area contributed by atoms with Gasteiger partial charge in [-0.05, 0) is 124 Å². The average molecular weight is 803 g/mol. The highest BCUT2D eigenvalue weighted by atomic mass is 15.2. The van der Waals surface area contributed by atoms with Crippen LogP contribution in [0.25, 0.3) is 49.7 Å². The first-order valence-electron chi connectivity index (χ1n) is 22.9. The molecule has 0 unspecified atom stereocenters. The molecule has 0 atom stereocenters. The third kappa shape index (κ3) is 5.07. The van der Waals surface area contributed by atoms with Crippen molar-refractivity contribution in [2.24, 2.45) is 0 Å². The van der Waals surface area contributed by atoms with Crippen LogP contribution in [0.4, 0.5) is 17.1 Å². The number of hydrogen-bond acceptors (Lipinski definition) is 1. The van der Waals surface area contributed by atoms with Crippen LogP contribution in [0.2, 0.25) is 0 Å². The summed E-state index contributed by atoms with van der Waals surface area (Å²) in [6.07, 6.45) is 0. The van der Waals surface area contributed by atoms with E-state index in [0.29, 0.717) is 0 Å². The second-order valence-electron chi connectivity index (χ2n) is 23.1. The van der Waals surface area contributed by atoms with Gasteiger partial charge in [0.05, 0.1) is 11.0 Å². The summed E-state index contributed by atoms with van der Waals surface area (Å²) in [4.78, 5) is 2.75. The van der Waals surface area contributed by atoms with Crippen molar-refractivity contribution >= 4 is 85.1 Å². The molecule has 0 bridgehead atoms. The van der Waals surface area contributed by atoms with Crippen LogP contribution in [-0.2, 0) is 21.7 Å². The molecule has 0 aliphatic carbocycles. The fourth-order valence-electron chi connectivity index (χ4n) is 11.6. The van der Waals surface area contributed by atoms with Gasteiger partial charge < -0.3 is 9.47 Å². The quantitative estimate of drug-likeness (QED) is 0.150. The van der Waals surface area contributed by atoms with Gasteiger partial charge in [0.1, 0.15) is 0 Å². The Bertz CT molecular complexity index is 3080. The molecule has 8 aromatic rings.